The topological polar surface area (TPSA) is 49.0 Å². The van der Waals surface area contributed by atoms with Crippen molar-refractivity contribution in [3.8, 4) is 11.1 Å². The van der Waals surface area contributed by atoms with Crippen molar-refractivity contribution < 1.29 is 4.39 Å². The first-order valence-electron chi connectivity index (χ1n) is 8.98. The number of benzene rings is 1. The van der Waals surface area contributed by atoms with Gasteiger partial charge in [0.25, 0.3) is 5.56 Å². The maximum absolute atomic E-state index is 13.2. The van der Waals surface area contributed by atoms with E-state index in [2.05, 4.69) is 23.7 Å². The van der Waals surface area contributed by atoms with Gasteiger partial charge in [-0.1, -0.05) is 26.0 Å². The molecule has 2 atom stereocenters. The van der Waals surface area contributed by atoms with Crippen molar-refractivity contribution in [3.63, 3.8) is 0 Å². The van der Waals surface area contributed by atoms with Gasteiger partial charge in [0.2, 0.25) is 0 Å². The van der Waals surface area contributed by atoms with Gasteiger partial charge in [-0.3, -0.25) is 9.69 Å². The first-order valence-corrected chi connectivity index (χ1v) is 9.86. The van der Waals surface area contributed by atoms with Crippen molar-refractivity contribution in [2.75, 3.05) is 13.1 Å². The van der Waals surface area contributed by atoms with Crippen LogP contribution in [0, 0.1) is 17.7 Å². The molecule has 6 heteroatoms. The molecule has 1 aromatic carbocycles. The zero-order valence-electron chi connectivity index (χ0n) is 15.0. The molecule has 3 heterocycles. The van der Waals surface area contributed by atoms with Crippen molar-refractivity contribution in [2.45, 2.75) is 26.8 Å². The quantitative estimate of drug-likeness (QED) is 0.748. The molecule has 0 bridgehead atoms. The SMILES string of the molecule is C[C@@H]1C[C@H](C)CN(Cc2nc3scc(-c4ccc(F)cc4)c3c(=O)[nH]2)C1. The van der Waals surface area contributed by atoms with Gasteiger partial charge in [-0.15, -0.1) is 11.3 Å². The highest BCUT2D eigenvalue weighted by molar-refractivity contribution is 7.17. The summed E-state index contributed by atoms with van der Waals surface area (Å²) in [7, 11) is 0. The third kappa shape index (κ3) is 3.44. The first-order chi connectivity index (χ1) is 12.5. The van der Waals surface area contributed by atoms with Gasteiger partial charge in [-0.05, 0) is 36.0 Å². The second-order valence-electron chi connectivity index (χ2n) is 7.49. The van der Waals surface area contributed by atoms with Crippen LogP contribution < -0.4 is 5.56 Å². The molecule has 1 saturated heterocycles. The van der Waals surface area contributed by atoms with Crippen LogP contribution in [0.3, 0.4) is 0 Å². The predicted octanol–water partition coefficient (Wildman–Crippen LogP) is 4.27. The van der Waals surface area contributed by atoms with E-state index >= 15 is 0 Å². The van der Waals surface area contributed by atoms with E-state index in [-0.39, 0.29) is 11.4 Å². The third-order valence-corrected chi connectivity index (χ3v) is 5.84. The fraction of sp³-hybridized carbons (Fsp3) is 0.400. The number of thiophene rings is 1. The molecule has 0 unspecified atom stereocenters. The molecule has 4 nitrogen and oxygen atoms in total. The van der Waals surface area contributed by atoms with Crippen LogP contribution in [0.2, 0.25) is 0 Å². The zero-order valence-corrected chi connectivity index (χ0v) is 15.8. The van der Waals surface area contributed by atoms with E-state index in [4.69, 9.17) is 4.98 Å². The largest absolute Gasteiger partial charge is 0.309 e. The lowest BCUT2D eigenvalue weighted by molar-refractivity contribution is 0.131. The molecule has 2 aromatic heterocycles. The lowest BCUT2D eigenvalue weighted by Gasteiger charge is -2.34. The highest BCUT2D eigenvalue weighted by Gasteiger charge is 2.23. The minimum Gasteiger partial charge on any atom is -0.309 e. The van der Waals surface area contributed by atoms with Crippen molar-refractivity contribution in [1.82, 2.24) is 14.9 Å². The van der Waals surface area contributed by atoms with Gasteiger partial charge in [0, 0.05) is 24.0 Å². The molecule has 136 valence electrons. The normalized spacial score (nSPS) is 21.3. The number of likely N-dealkylation sites (tertiary alicyclic amines) is 1. The van der Waals surface area contributed by atoms with E-state index in [1.165, 1.54) is 29.9 Å². The molecule has 26 heavy (non-hydrogen) atoms. The minimum atomic E-state index is -0.285. The van der Waals surface area contributed by atoms with Crippen molar-refractivity contribution in [2.24, 2.45) is 11.8 Å². The van der Waals surface area contributed by atoms with Gasteiger partial charge in [-0.2, -0.15) is 0 Å². The Morgan fingerprint density at radius 1 is 1.23 bits per heavy atom. The van der Waals surface area contributed by atoms with E-state index in [0.717, 1.165) is 34.9 Å². The highest BCUT2D eigenvalue weighted by atomic mass is 32.1. The summed E-state index contributed by atoms with van der Waals surface area (Å²) in [4.78, 5) is 23.5. The van der Waals surface area contributed by atoms with Gasteiger partial charge in [0.05, 0.1) is 11.9 Å². The maximum Gasteiger partial charge on any atom is 0.260 e. The number of halogens is 1. The Bertz CT molecular complexity index is 969. The first kappa shape index (κ1) is 17.4. The van der Waals surface area contributed by atoms with Crippen LogP contribution in [0.4, 0.5) is 4.39 Å². The summed E-state index contributed by atoms with van der Waals surface area (Å²) in [6, 6.07) is 6.21. The summed E-state index contributed by atoms with van der Waals surface area (Å²) in [5, 5.41) is 2.51. The Balaban J connectivity index is 1.66. The molecule has 1 aliphatic rings. The monoisotopic (exact) mass is 371 g/mol. The van der Waals surface area contributed by atoms with Gasteiger partial charge >= 0.3 is 0 Å². The Kier molecular flexibility index (Phi) is 4.63. The molecule has 4 rings (SSSR count). The van der Waals surface area contributed by atoms with E-state index < -0.39 is 0 Å². The Morgan fingerprint density at radius 3 is 2.62 bits per heavy atom. The summed E-state index contributed by atoms with van der Waals surface area (Å²) in [5.41, 5.74) is 1.52. The summed E-state index contributed by atoms with van der Waals surface area (Å²) in [6.45, 7) is 7.30. The number of piperidine rings is 1. The molecular weight excluding hydrogens is 349 g/mol. The summed E-state index contributed by atoms with van der Waals surface area (Å²) in [5.74, 6) is 1.77. The average Bonchev–Trinajstić information content (AvgIpc) is 2.99. The number of aromatic nitrogens is 2. The fourth-order valence-electron chi connectivity index (χ4n) is 4.04. The van der Waals surface area contributed by atoms with E-state index in [1.807, 2.05) is 5.38 Å². The van der Waals surface area contributed by atoms with Crippen molar-refractivity contribution >= 4 is 21.6 Å². The number of aromatic amines is 1. The van der Waals surface area contributed by atoms with Crippen molar-refractivity contribution in [1.29, 1.82) is 0 Å². The van der Waals surface area contributed by atoms with Crippen molar-refractivity contribution in [3.05, 3.63) is 51.6 Å². The van der Waals surface area contributed by atoms with Gasteiger partial charge in [-0.25, -0.2) is 9.37 Å². The number of nitrogens with zero attached hydrogens (tertiary/aromatic N) is 2. The Morgan fingerprint density at radius 2 is 1.92 bits per heavy atom. The molecule has 0 radical (unpaired) electrons. The van der Waals surface area contributed by atoms with Crippen LogP contribution in [0.15, 0.2) is 34.4 Å². The summed E-state index contributed by atoms with van der Waals surface area (Å²) >= 11 is 1.46. The van der Waals surface area contributed by atoms with Crippen LogP contribution in [-0.2, 0) is 6.54 Å². The summed E-state index contributed by atoms with van der Waals surface area (Å²) < 4.78 is 13.2. The van der Waals surface area contributed by atoms with E-state index in [0.29, 0.717) is 23.8 Å². The highest BCUT2D eigenvalue weighted by Crippen LogP contribution is 2.31. The number of H-pyrrole nitrogens is 1. The second kappa shape index (κ2) is 6.93. The molecule has 1 fully saturated rings. The molecule has 0 saturated carbocycles. The van der Waals surface area contributed by atoms with Gasteiger partial charge in [0.1, 0.15) is 16.5 Å². The van der Waals surface area contributed by atoms with Crippen LogP contribution in [-0.4, -0.2) is 28.0 Å². The fourth-order valence-corrected chi connectivity index (χ4v) is 5.01. The standard InChI is InChI=1S/C20H22FN3OS/c1-12-7-13(2)9-24(8-12)10-17-22-19(25)18-16(11-26-20(18)23-17)14-3-5-15(21)6-4-14/h3-6,11-13H,7-10H2,1-2H3,(H,22,23,25)/t12-,13+. The number of hydrogen-bond donors (Lipinski definition) is 1. The molecule has 1 N–H and O–H groups in total. The summed E-state index contributed by atoms with van der Waals surface area (Å²) in [6.07, 6.45) is 1.26. The van der Waals surface area contributed by atoms with Gasteiger partial charge in [0.15, 0.2) is 0 Å². The number of hydrogen-bond acceptors (Lipinski definition) is 4. The van der Waals surface area contributed by atoms with Crippen LogP contribution in [0.1, 0.15) is 26.1 Å². The molecule has 0 amide bonds. The van der Waals surface area contributed by atoms with Crippen LogP contribution in [0.5, 0.6) is 0 Å². The smallest absolute Gasteiger partial charge is 0.260 e. The van der Waals surface area contributed by atoms with E-state index in [1.54, 1.807) is 12.1 Å². The van der Waals surface area contributed by atoms with E-state index in [9.17, 15) is 9.18 Å². The number of nitrogens with one attached hydrogen (secondary N) is 1. The second-order valence-corrected chi connectivity index (χ2v) is 8.35. The van der Waals surface area contributed by atoms with Crippen LogP contribution in [0.25, 0.3) is 21.3 Å². The molecular formula is C20H22FN3OS. The third-order valence-electron chi connectivity index (χ3n) is 4.97. The van der Waals surface area contributed by atoms with Crippen LogP contribution >= 0.6 is 11.3 Å². The molecule has 0 spiro atoms. The average molecular weight is 371 g/mol. The Hall–Kier alpha value is -2.05. The molecule has 3 aromatic rings. The maximum atomic E-state index is 13.2. The molecule has 1 aliphatic heterocycles. The predicted molar refractivity (Wildman–Crippen MR) is 104 cm³/mol. The zero-order chi connectivity index (χ0) is 18.3. The molecule has 0 aliphatic carbocycles. The number of fused-ring (bicyclic) bond motifs is 1. The van der Waals surface area contributed by atoms with Gasteiger partial charge < -0.3 is 4.98 Å². The minimum absolute atomic E-state index is 0.122. The number of rotatable bonds is 3. The lowest BCUT2D eigenvalue weighted by Crippen LogP contribution is -2.38. The lowest BCUT2D eigenvalue weighted by atomic mass is 9.92. The Labute approximate surface area is 155 Å².